The molecule has 138 valence electrons. The van der Waals surface area contributed by atoms with E-state index in [1.165, 1.54) is 96.3 Å². The van der Waals surface area contributed by atoms with Crippen LogP contribution in [0.25, 0.3) is 0 Å². The van der Waals surface area contributed by atoms with Gasteiger partial charge in [-0.05, 0) is 32.1 Å². The second kappa shape index (κ2) is 16.8. The van der Waals surface area contributed by atoms with Crippen molar-refractivity contribution in [3.8, 4) is 0 Å². The SMILES string of the molecule is CCCCCCCCCCCCCCOCCC1CCCCO1. The van der Waals surface area contributed by atoms with Crippen molar-refractivity contribution >= 4 is 0 Å². The van der Waals surface area contributed by atoms with Crippen molar-refractivity contribution in [2.75, 3.05) is 19.8 Å². The minimum atomic E-state index is 0.478. The Labute approximate surface area is 145 Å². The van der Waals surface area contributed by atoms with Crippen LogP contribution in [0.15, 0.2) is 0 Å². The lowest BCUT2D eigenvalue weighted by atomic mass is 10.1. The maximum atomic E-state index is 5.75. The van der Waals surface area contributed by atoms with E-state index in [4.69, 9.17) is 9.47 Å². The van der Waals surface area contributed by atoms with Crippen LogP contribution in [-0.4, -0.2) is 25.9 Å². The first-order chi connectivity index (χ1) is 11.4. The first-order valence-electron chi connectivity index (χ1n) is 10.6. The number of hydrogen-bond donors (Lipinski definition) is 0. The number of ether oxygens (including phenoxy) is 2. The lowest BCUT2D eigenvalue weighted by Gasteiger charge is -2.22. The van der Waals surface area contributed by atoms with E-state index < -0.39 is 0 Å². The average molecular weight is 327 g/mol. The number of rotatable bonds is 16. The van der Waals surface area contributed by atoms with Crippen molar-refractivity contribution in [3.05, 3.63) is 0 Å². The average Bonchev–Trinajstić information content (AvgIpc) is 2.59. The van der Waals surface area contributed by atoms with E-state index >= 15 is 0 Å². The summed E-state index contributed by atoms with van der Waals surface area (Å²) in [6.07, 6.45) is 22.3. The molecule has 23 heavy (non-hydrogen) atoms. The normalized spacial score (nSPS) is 18.4. The highest BCUT2D eigenvalue weighted by molar-refractivity contribution is 4.62. The molecule has 1 aliphatic heterocycles. The second-order valence-corrected chi connectivity index (χ2v) is 7.28. The minimum absolute atomic E-state index is 0.478. The molecule has 1 aliphatic rings. The summed E-state index contributed by atoms with van der Waals surface area (Å²) in [5.74, 6) is 0. The van der Waals surface area contributed by atoms with Crippen molar-refractivity contribution in [3.63, 3.8) is 0 Å². The van der Waals surface area contributed by atoms with Crippen LogP contribution in [0.5, 0.6) is 0 Å². The predicted molar refractivity (Wildman–Crippen MR) is 100 cm³/mol. The van der Waals surface area contributed by atoms with Gasteiger partial charge in [-0.1, -0.05) is 77.6 Å². The third-order valence-electron chi connectivity index (χ3n) is 5.00. The van der Waals surface area contributed by atoms with Gasteiger partial charge in [0, 0.05) is 19.8 Å². The zero-order valence-corrected chi connectivity index (χ0v) is 15.8. The van der Waals surface area contributed by atoms with E-state index in [1.54, 1.807) is 0 Å². The molecule has 0 aromatic rings. The van der Waals surface area contributed by atoms with Gasteiger partial charge in [0.15, 0.2) is 0 Å². The van der Waals surface area contributed by atoms with Crippen molar-refractivity contribution in [2.45, 2.75) is 116 Å². The summed E-state index contributed by atoms with van der Waals surface area (Å²) < 4.78 is 11.5. The summed E-state index contributed by atoms with van der Waals surface area (Å²) in [6, 6.07) is 0. The fraction of sp³-hybridized carbons (Fsp3) is 1.00. The summed E-state index contributed by atoms with van der Waals surface area (Å²) >= 11 is 0. The Kier molecular flexibility index (Phi) is 15.3. The van der Waals surface area contributed by atoms with Gasteiger partial charge >= 0.3 is 0 Å². The topological polar surface area (TPSA) is 18.5 Å². The molecule has 0 aliphatic carbocycles. The molecule has 0 bridgehead atoms. The summed E-state index contributed by atoms with van der Waals surface area (Å²) in [5.41, 5.74) is 0. The van der Waals surface area contributed by atoms with Crippen LogP contribution in [0.2, 0.25) is 0 Å². The molecule has 1 rings (SSSR count). The van der Waals surface area contributed by atoms with E-state index in [-0.39, 0.29) is 0 Å². The molecule has 1 fully saturated rings. The molecule has 2 nitrogen and oxygen atoms in total. The Balaban J connectivity index is 1.67. The molecule has 0 N–H and O–H groups in total. The van der Waals surface area contributed by atoms with Gasteiger partial charge in [0.1, 0.15) is 0 Å². The molecule has 1 unspecified atom stereocenters. The number of unbranched alkanes of at least 4 members (excludes halogenated alkanes) is 11. The van der Waals surface area contributed by atoms with Gasteiger partial charge in [-0.25, -0.2) is 0 Å². The maximum absolute atomic E-state index is 5.75. The van der Waals surface area contributed by atoms with Crippen LogP contribution < -0.4 is 0 Å². The van der Waals surface area contributed by atoms with Crippen molar-refractivity contribution < 1.29 is 9.47 Å². The third kappa shape index (κ3) is 14.0. The lowest BCUT2D eigenvalue weighted by molar-refractivity contribution is -0.00783. The largest absolute Gasteiger partial charge is 0.381 e. The van der Waals surface area contributed by atoms with Crippen LogP contribution >= 0.6 is 0 Å². The molecule has 2 heteroatoms. The van der Waals surface area contributed by atoms with Gasteiger partial charge < -0.3 is 9.47 Å². The lowest BCUT2D eigenvalue weighted by Crippen LogP contribution is -2.20. The van der Waals surface area contributed by atoms with Crippen LogP contribution in [0.3, 0.4) is 0 Å². The predicted octanol–water partition coefficient (Wildman–Crippen LogP) is 6.66. The van der Waals surface area contributed by atoms with E-state index in [9.17, 15) is 0 Å². The molecule has 0 aromatic carbocycles. The molecule has 1 atom stereocenters. The fourth-order valence-electron chi connectivity index (χ4n) is 3.40. The Morgan fingerprint density at radius 1 is 0.739 bits per heavy atom. The molecular weight excluding hydrogens is 284 g/mol. The Bertz CT molecular complexity index is 224. The van der Waals surface area contributed by atoms with Crippen LogP contribution in [0, 0.1) is 0 Å². The smallest absolute Gasteiger partial charge is 0.0597 e. The monoisotopic (exact) mass is 326 g/mol. The molecule has 0 amide bonds. The Morgan fingerprint density at radius 2 is 1.35 bits per heavy atom. The van der Waals surface area contributed by atoms with Gasteiger partial charge in [-0.3, -0.25) is 0 Å². The summed E-state index contributed by atoms with van der Waals surface area (Å²) in [6.45, 7) is 5.09. The zero-order chi connectivity index (χ0) is 16.4. The highest BCUT2D eigenvalue weighted by Gasteiger charge is 2.12. The second-order valence-electron chi connectivity index (χ2n) is 7.28. The fourth-order valence-corrected chi connectivity index (χ4v) is 3.40. The van der Waals surface area contributed by atoms with Gasteiger partial charge in [-0.2, -0.15) is 0 Å². The highest BCUT2D eigenvalue weighted by Crippen LogP contribution is 2.15. The number of hydrogen-bond acceptors (Lipinski definition) is 2. The van der Waals surface area contributed by atoms with Crippen LogP contribution in [-0.2, 0) is 9.47 Å². The summed E-state index contributed by atoms with van der Waals surface area (Å²) in [4.78, 5) is 0. The summed E-state index contributed by atoms with van der Waals surface area (Å²) in [7, 11) is 0. The Hall–Kier alpha value is -0.0800. The maximum Gasteiger partial charge on any atom is 0.0597 e. The third-order valence-corrected chi connectivity index (χ3v) is 5.00. The standard InChI is InChI=1S/C21H42O2/c1-2-3-4-5-6-7-8-9-10-11-12-14-18-22-20-17-21-16-13-15-19-23-21/h21H,2-20H2,1H3. The molecule has 0 spiro atoms. The quantitative estimate of drug-likeness (QED) is 0.295. The van der Waals surface area contributed by atoms with Gasteiger partial charge in [0.2, 0.25) is 0 Å². The van der Waals surface area contributed by atoms with E-state index in [0.29, 0.717) is 6.10 Å². The van der Waals surface area contributed by atoms with Crippen LogP contribution in [0.4, 0.5) is 0 Å². The molecule has 0 aromatic heterocycles. The van der Waals surface area contributed by atoms with Gasteiger partial charge in [-0.15, -0.1) is 0 Å². The van der Waals surface area contributed by atoms with E-state index in [1.807, 2.05) is 0 Å². The first-order valence-corrected chi connectivity index (χ1v) is 10.6. The van der Waals surface area contributed by atoms with Gasteiger partial charge in [0.25, 0.3) is 0 Å². The summed E-state index contributed by atoms with van der Waals surface area (Å²) in [5, 5.41) is 0. The minimum Gasteiger partial charge on any atom is -0.381 e. The molecule has 0 saturated carbocycles. The molecular formula is C21H42O2. The van der Waals surface area contributed by atoms with Crippen molar-refractivity contribution in [1.82, 2.24) is 0 Å². The first kappa shape index (κ1) is 21.0. The molecule has 0 radical (unpaired) electrons. The van der Waals surface area contributed by atoms with E-state index in [2.05, 4.69) is 6.92 Å². The van der Waals surface area contributed by atoms with E-state index in [0.717, 1.165) is 26.2 Å². The Morgan fingerprint density at radius 3 is 1.91 bits per heavy atom. The van der Waals surface area contributed by atoms with Crippen molar-refractivity contribution in [2.24, 2.45) is 0 Å². The molecule has 1 heterocycles. The van der Waals surface area contributed by atoms with Crippen LogP contribution in [0.1, 0.15) is 110 Å². The highest BCUT2D eigenvalue weighted by atomic mass is 16.5. The van der Waals surface area contributed by atoms with Gasteiger partial charge in [0.05, 0.1) is 6.10 Å². The zero-order valence-electron chi connectivity index (χ0n) is 15.8. The van der Waals surface area contributed by atoms with Crippen molar-refractivity contribution in [1.29, 1.82) is 0 Å². The molecule has 1 saturated heterocycles.